The topological polar surface area (TPSA) is 40.5 Å². The van der Waals surface area contributed by atoms with Crippen molar-refractivity contribution in [3.05, 3.63) is 41.0 Å². The highest BCUT2D eigenvalue weighted by atomic mass is 16.3. The smallest absolute Gasteiger partial charge is 0.115 e. The van der Waals surface area contributed by atoms with Crippen LogP contribution in [0.3, 0.4) is 0 Å². The summed E-state index contributed by atoms with van der Waals surface area (Å²) in [5, 5.41) is 19.1. The van der Waals surface area contributed by atoms with E-state index in [4.69, 9.17) is 0 Å². The van der Waals surface area contributed by atoms with E-state index in [1.807, 2.05) is 12.1 Å². The van der Waals surface area contributed by atoms with Crippen molar-refractivity contribution in [2.45, 2.75) is 71.6 Å². The molecule has 2 nitrogen and oxygen atoms in total. The van der Waals surface area contributed by atoms with E-state index in [2.05, 4.69) is 32.9 Å². The molecular weight excluding hydrogens is 308 g/mol. The molecule has 0 bridgehead atoms. The van der Waals surface area contributed by atoms with Gasteiger partial charge in [-0.3, -0.25) is 0 Å². The van der Waals surface area contributed by atoms with Crippen LogP contribution >= 0.6 is 0 Å². The lowest BCUT2D eigenvalue weighted by Crippen LogP contribution is -2.40. The normalized spacial score (nSPS) is 28.4. The number of rotatable bonds is 6. The lowest BCUT2D eigenvalue weighted by atomic mass is 9.54. The van der Waals surface area contributed by atoms with Crippen LogP contribution < -0.4 is 0 Å². The van der Waals surface area contributed by atoms with Gasteiger partial charge in [0.1, 0.15) is 5.75 Å². The van der Waals surface area contributed by atoms with Gasteiger partial charge in [-0.25, -0.2) is 0 Å². The minimum Gasteiger partial charge on any atom is -0.508 e. The Bertz CT molecular complexity index is 631. The third-order valence-electron chi connectivity index (χ3n) is 6.69. The molecule has 0 spiro atoms. The largest absolute Gasteiger partial charge is 0.508 e. The number of aromatic hydroxyl groups is 1. The van der Waals surface area contributed by atoms with E-state index in [0.717, 1.165) is 31.6 Å². The molecule has 0 aromatic heterocycles. The second-order valence-corrected chi connectivity index (χ2v) is 8.88. The average Bonchev–Trinajstić information content (AvgIpc) is 2.58. The number of benzene rings is 1. The minimum absolute atomic E-state index is 0.278. The molecule has 0 amide bonds. The van der Waals surface area contributed by atoms with Crippen molar-refractivity contribution in [1.29, 1.82) is 0 Å². The lowest BCUT2D eigenvalue weighted by molar-refractivity contribution is 0.118. The van der Waals surface area contributed by atoms with Crippen LogP contribution in [0, 0.1) is 17.3 Å². The highest BCUT2D eigenvalue weighted by Crippen LogP contribution is 2.57. The molecule has 0 aliphatic heterocycles. The number of phenols is 1. The highest BCUT2D eigenvalue weighted by molar-refractivity contribution is 5.42. The number of hydrogen-bond acceptors (Lipinski definition) is 2. The van der Waals surface area contributed by atoms with Crippen LogP contribution in [0.5, 0.6) is 5.75 Å². The van der Waals surface area contributed by atoms with Gasteiger partial charge in [0.2, 0.25) is 0 Å². The van der Waals surface area contributed by atoms with Crippen molar-refractivity contribution >= 4 is 0 Å². The van der Waals surface area contributed by atoms with Crippen LogP contribution in [0.1, 0.15) is 76.3 Å². The first-order valence-electron chi connectivity index (χ1n) is 10.1. The van der Waals surface area contributed by atoms with Gasteiger partial charge in [0.05, 0.1) is 0 Å². The summed E-state index contributed by atoms with van der Waals surface area (Å²) in [5.41, 5.74) is 4.65. The molecule has 3 atom stereocenters. The molecule has 138 valence electrons. The summed E-state index contributed by atoms with van der Waals surface area (Å²) in [5.74, 6) is 2.31. The Morgan fingerprint density at radius 2 is 2.08 bits per heavy atom. The monoisotopic (exact) mass is 342 g/mol. The van der Waals surface area contributed by atoms with Gasteiger partial charge in [-0.05, 0) is 85.0 Å². The first kappa shape index (κ1) is 18.5. The molecule has 3 rings (SSSR count). The van der Waals surface area contributed by atoms with Crippen LogP contribution in [0.25, 0.3) is 0 Å². The molecule has 0 unspecified atom stereocenters. The number of allylic oxidation sites excluding steroid dienone is 2. The molecule has 0 heterocycles. The van der Waals surface area contributed by atoms with Crippen LogP contribution in [-0.2, 0) is 6.42 Å². The van der Waals surface area contributed by atoms with Crippen molar-refractivity contribution in [2.75, 3.05) is 6.61 Å². The average molecular weight is 343 g/mol. The second kappa shape index (κ2) is 7.53. The lowest BCUT2D eigenvalue weighted by Gasteiger charge is -2.50. The maximum Gasteiger partial charge on any atom is 0.115 e. The minimum atomic E-state index is 0.278. The maximum absolute atomic E-state index is 9.87. The van der Waals surface area contributed by atoms with E-state index >= 15 is 0 Å². The molecule has 0 fully saturated rings. The van der Waals surface area contributed by atoms with Gasteiger partial charge in [-0.2, -0.15) is 0 Å². The van der Waals surface area contributed by atoms with Crippen LogP contribution in [0.4, 0.5) is 0 Å². The Labute approximate surface area is 153 Å². The maximum atomic E-state index is 9.87. The summed E-state index contributed by atoms with van der Waals surface area (Å²) in [4.78, 5) is 0. The molecule has 0 saturated carbocycles. The Morgan fingerprint density at radius 3 is 2.80 bits per heavy atom. The zero-order chi connectivity index (χ0) is 18.0. The Balaban J connectivity index is 1.94. The van der Waals surface area contributed by atoms with Crippen LogP contribution in [0.2, 0.25) is 0 Å². The predicted molar refractivity (Wildman–Crippen MR) is 104 cm³/mol. The number of phenolic OH excluding ortho intramolecular Hbond substituents is 1. The zero-order valence-electron chi connectivity index (χ0n) is 16.1. The van der Waals surface area contributed by atoms with Crippen LogP contribution in [0.15, 0.2) is 29.8 Å². The van der Waals surface area contributed by atoms with Gasteiger partial charge in [-0.15, -0.1) is 0 Å². The van der Waals surface area contributed by atoms with E-state index in [0.29, 0.717) is 23.0 Å². The Morgan fingerprint density at radius 1 is 1.28 bits per heavy atom. The van der Waals surface area contributed by atoms with Crippen LogP contribution in [-0.4, -0.2) is 16.8 Å². The third-order valence-corrected chi connectivity index (χ3v) is 6.69. The fraction of sp³-hybridized carbons (Fsp3) is 0.652. The number of aliphatic hydroxyl groups excluding tert-OH is 1. The second-order valence-electron chi connectivity index (χ2n) is 8.88. The van der Waals surface area contributed by atoms with E-state index < -0.39 is 0 Å². The standard InChI is InChI=1S/C23H34O2/c1-16(2)6-7-19-13-17(5-4-12-24)14-22-21-9-8-20(25)15-18(21)10-11-23(19,22)3/h8-9,13,15-16,19,22,24-25H,4-7,10-12,14H2,1-3H3/t19-,22+,23-/m0/s1. The summed E-state index contributed by atoms with van der Waals surface area (Å²) >= 11 is 0. The summed E-state index contributed by atoms with van der Waals surface area (Å²) in [6.07, 6.45) is 10.4. The summed E-state index contributed by atoms with van der Waals surface area (Å²) in [6.45, 7) is 7.41. The molecule has 0 radical (unpaired) electrons. The van der Waals surface area contributed by atoms with Gasteiger partial charge in [0.15, 0.2) is 0 Å². The number of aliphatic hydroxyl groups is 1. The molecule has 1 aromatic carbocycles. The van der Waals surface area contributed by atoms with Gasteiger partial charge < -0.3 is 10.2 Å². The van der Waals surface area contributed by atoms with Crippen molar-refractivity contribution in [3.63, 3.8) is 0 Å². The Kier molecular flexibility index (Phi) is 5.58. The summed E-state index contributed by atoms with van der Waals surface area (Å²) in [7, 11) is 0. The highest BCUT2D eigenvalue weighted by Gasteiger charge is 2.46. The fourth-order valence-electron chi connectivity index (χ4n) is 5.09. The zero-order valence-corrected chi connectivity index (χ0v) is 16.1. The number of aryl methyl sites for hydroxylation is 1. The molecule has 2 aliphatic rings. The van der Waals surface area contributed by atoms with E-state index in [-0.39, 0.29) is 6.61 Å². The fourth-order valence-corrected chi connectivity index (χ4v) is 5.09. The van der Waals surface area contributed by atoms with Crippen molar-refractivity contribution in [2.24, 2.45) is 17.3 Å². The number of fused-ring (bicyclic) bond motifs is 3. The molecule has 1 aromatic rings. The molecule has 25 heavy (non-hydrogen) atoms. The Hall–Kier alpha value is -1.28. The first-order valence-corrected chi connectivity index (χ1v) is 10.1. The van der Waals surface area contributed by atoms with Crippen molar-refractivity contribution in [3.8, 4) is 5.75 Å². The van der Waals surface area contributed by atoms with Gasteiger partial charge in [0, 0.05) is 6.61 Å². The van der Waals surface area contributed by atoms with Gasteiger partial charge in [0.25, 0.3) is 0 Å². The van der Waals surface area contributed by atoms with Gasteiger partial charge in [-0.1, -0.05) is 44.9 Å². The predicted octanol–water partition coefficient (Wildman–Crippen LogP) is 5.58. The first-order chi connectivity index (χ1) is 11.9. The molecule has 2 N–H and O–H groups in total. The van der Waals surface area contributed by atoms with Crippen molar-refractivity contribution < 1.29 is 10.2 Å². The number of hydrogen-bond donors (Lipinski definition) is 2. The summed E-state index contributed by atoms with van der Waals surface area (Å²) < 4.78 is 0. The SMILES string of the molecule is CC(C)CC[C@H]1C=C(CCCO)C[C@@H]2c3ccc(O)cc3CC[C@@]12C. The van der Waals surface area contributed by atoms with E-state index in [9.17, 15) is 10.2 Å². The van der Waals surface area contributed by atoms with E-state index in [1.54, 1.807) is 0 Å². The molecule has 2 heteroatoms. The summed E-state index contributed by atoms with van der Waals surface area (Å²) in [6, 6.07) is 6.00. The molecule has 0 saturated heterocycles. The molecule has 2 aliphatic carbocycles. The van der Waals surface area contributed by atoms with Gasteiger partial charge >= 0.3 is 0 Å². The third kappa shape index (κ3) is 3.79. The van der Waals surface area contributed by atoms with Crippen molar-refractivity contribution in [1.82, 2.24) is 0 Å². The quantitative estimate of drug-likeness (QED) is 0.662. The van der Waals surface area contributed by atoms with E-state index in [1.165, 1.54) is 36.0 Å². The molecular formula is C23H34O2.